The summed E-state index contributed by atoms with van der Waals surface area (Å²) in [4.78, 5) is 26.4. The predicted molar refractivity (Wildman–Crippen MR) is 84.6 cm³/mol. The molecule has 1 saturated heterocycles. The van der Waals surface area contributed by atoms with Gasteiger partial charge in [-0.1, -0.05) is 30.3 Å². The van der Waals surface area contributed by atoms with E-state index in [0.717, 1.165) is 23.6 Å². The molecule has 2 aromatic carbocycles. The van der Waals surface area contributed by atoms with E-state index in [1.54, 1.807) is 4.90 Å². The van der Waals surface area contributed by atoms with E-state index in [1.807, 2.05) is 42.5 Å². The molecule has 0 saturated carbocycles. The Balaban J connectivity index is 1.91. The van der Waals surface area contributed by atoms with Gasteiger partial charge in [-0.25, -0.2) is 4.79 Å². The number of fused-ring (bicyclic) bond motifs is 1. The minimum absolute atomic E-state index is 0.0964. The maximum atomic E-state index is 12.8. The fourth-order valence-electron chi connectivity index (χ4n) is 3.04. The number of carbonyl (C=O) groups is 2. The Morgan fingerprint density at radius 3 is 2.64 bits per heavy atom. The zero-order valence-electron chi connectivity index (χ0n) is 12.6. The van der Waals surface area contributed by atoms with E-state index < -0.39 is 6.04 Å². The van der Waals surface area contributed by atoms with Gasteiger partial charge in [0.05, 0.1) is 7.11 Å². The van der Waals surface area contributed by atoms with Crippen LogP contribution in [-0.4, -0.2) is 36.5 Å². The average molecular weight is 297 g/mol. The summed E-state index contributed by atoms with van der Waals surface area (Å²) in [5.41, 5.74) is 0.620. The van der Waals surface area contributed by atoms with E-state index in [0.29, 0.717) is 18.5 Å². The van der Waals surface area contributed by atoms with Crippen LogP contribution in [0.5, 0.6) is 0 Å². The molecule has 1 fully saturated rings. The van der Waals surface area contributed by atoms with Crippen LogP contribution in [0, 0.1) is 0 Å². The molecule has 1 unspecified atom stereocenters. The third kappa shape index (κ3) is 2.69. The van der Waals surface area contributed by atoms with E-state index in [-0.39, 0.29) is 11.9 Å². The normalized spacial score (nSPS) is 18.2. The van der Waals surface area contributed by atoms with E-state index in [9.17, 15) is 9.59 Å². The number of carbonyl (C=O) groups excluding carboxylic acids is 2. The molecule has 114 valence electrons. The maximum absolute atomic E-state index is 12.8. The Bertz CT molecular complexity index is 710. The second kappa shape index (κ2) is 6.18. The highest BCUT2D eigenvalue weighted by Crippen LogP contribution is 2.22. The van der Waals surface area contributed by atoms with E-state index in [2.05, 4.69) is 0 Å². The molecule has 4 nitrogen and oxygen atoms in total. The molecule has 0 spiro atoms. The quantitative estimate of drug-likeness (QED) is 0.801. The number of piperidine rings is 1. The first-order chi connectivity index (χ1) is 10.7. The largest absolute Gasteiger partial charge is 0.467 e. The summed E-state index contributed by atoms with van der Waals surface area (Å²) >= 11 is 0. The van der Waals surface area contributed by atoms with Crippen molar-refractivity contribution in [3.8, 4) is 0 Å². The Morgan fingerprint density at radius 2 is 1.86 bits per heavy atom. The number of amides is 1. The Labute approximate surface area is 129 Å². The lowest BCUT2D eigenvalue weighted by molar-refractivity contribution is -0.147. The lowest BCUT2D eigenvalue weighted by Crippen LogP contribution is -2.48. The Kier molecular flexibility index (Phi) is 4.09. The molecular weight excluding hydrogens is 278 g/mol. The number of methoxy groups -OCH3 is 1. The van der Waals surface area contributed by atoms with E-state index in [4.69, 9.17) is 4.74 Å². The van der Waals surface area contributed by atoms with Crippen LogP contribution in [0.4, 0.5) is 0 Å². The Morgan fingerprint density at radius 1 is 1.09 bits per heavy atom. The van der Waals surface area contributed by atoms with Gasteiger partial charge in [-0.05, 0) is 42.2 Å². The van der Waals surface area contributed by atoms with Crippen molar-refractivity contribution in [2.45, 2.75) is 25.3 Å². The molecule has 3 rings (SSSR count). The molecule has 1 aliphatic rings. The molecule has 1 amide bonds. The van der Waals surface area contributed by atoms with Crippen LogP contribution in [0.2, 0.25) is 0 Å². The third-order valence-corrected chi connectivity index (χ3v) is 4.23. The number of benzene rings is 2. The highest BCUT2D eigenvalue weighted by Gasteiger charge is 2.33. The molecule has 0 N–H and O–H groups in total. The summed E-state index contributed by atoms with van der Waals surface area (Å²) in [5, 5.41) is 2.13. The van der Waals surface area contributed by atoms with Gasteiger partial charge in [-0.15, -0.1) is 0 Å². The van der Waals surface area contributed by atoms with Crippen LogP contribution in [-0.2, 0) is 9.53 Å². The number of likely N-dealkylation sites (tertiary alicyclic amines) is 1. The number of hydrogen-bond acceptors (Lipinski definition) is 3. The van der Waals surface area contributed by atoms with Crippen LogP contribution in [0.15, 0.2) is 42.5 Å². The Hall–Kier alpha value is -2.36. The van der Waals surface area contributed by atoms with Crippen molar-refractivity contribution in [1.29, 1.82) is 0 Å². The first-order valence-corrected chi connectivity index (χ1v) is 7.58. The number of ether oxygens (including phenoxy) is 1. The third-order valence-electron chi connectivity index (χ3n) is 4.23. The zero-order chi connectivity index (χ0) is 15.5. The fourth-order valence-corrected chi connectivity index (χ4v) is 3.04. The molecule has 2 aromatic rings. The van der Waals surface area contributed by atoms with Gasteiger partial charge in [0, 0.05) is 12.1 Å². The van der Waals surface area contributed by atoms with Crippen LogP contribution in [0.1, 0.15) is 29.6 Å². The van der Waals surface area contributed by atoms with Gasteiger partial charge < -0.3 is 9.64 Å². The molecule has 22 heavy (non-hydrogen) atoms. The van der Waals surface area contributed by atoms with Crippen molar-refractivity contribution in [3.05, 3.63) is 48.0 Å². The number of nitrogens with zero attached hydrogens (tertiary/aromatic N) is 1. The van der Waals surface area contributed by atoms with Gasteiger partial charge in [-0.2, -0.15) is 0 Å². The van der Waals surface area contributed by atoms with Crippen molar-refractivity contribution >= 4 is 22.6 Å². The fraction of sp³-hybridized carbons (Fsp3) is 0.333. The van der Waals surface area contributed by atoms with Crippen molar-refractivity contribution in [2.75, 3.05) is 13.7 Å². The van der Waals surface area contributed by atoms with Crippen LogP contribution >= 0.6 is 0 Å². The topological polar surface area (TPSA) is 46.6 Å². The van der Waals surface area contributed by atoms with Crippen molar-refractivity contribution in [2.24, 2.45) is 0 Å². The molecule has 1 heterocycles. The summed E-state index contributed by atoms with van der Waals surface area (Å²) in [6.45, 7) is 0.603. The molecule has 1 aliphatic heterocycles. The second-order valence-corrected chi connectivity index (χ2v) is 5.60. The molecule has 4 heteroatoms. The highest BCUT2D eigenvalue weighted by atomic mass is 16.5. The summed E-state index contributed by atoms with van der Waals surface area (Å²) in [6.07, 6.45) is 2.54. The molecule has 1 atom stereocenters. The number of esters is 1. The summed E-state index contributed by atoms with van der Waals surface area (Å²) in [7, 11) is 1.37. The van der Waals surface area contributed by atoms with Gasteiger partial charge >= 0.3 is 5.97 Å². The van der Waals surface area contributed by atoms with Crippen LogP contribution < -0.4 is 0 Å². The first kappa shape index (κ1) is 14.6. The van der Waals surface area contributed by atoms with E-state index >= 15 is 0 Å². The second-order valence-electron chi connectivity index (χ2n) is 5.60. The average Bonchev–Trinajstić information content (AvgIpc) is 2.60. The monoisotopic (exact) mass is 297 g/mol. The maximum Gasteiger partial charge on any atom is 0.328 e. The zero-order valence-corrected chi connectivity index (χ0v) is 12.6. The molecule has 0 aliphatic carbocycles. The SMILES string of the molecule is COC(=O)C1CCCCN1C(=O)c1ccc2ccccc2c1. The van der Waals surface area contributed by atoms with Gasteiger partial charge in [-0.3, -0.25) is 4.79 Å². The number of rotatable bonds is 2. The smallest absolute Gasteiger partial charge is 0.328 e. The molecule has 0 bridgehead atoms. The molecular formula is C18H19NO3. The van der Waals surface area contributed by atoms with Crippen molar-refractivity contribution in [1.82, 2.24) is 4.90 Å². The van der Waals surface area contributed by atoms with E-state index in [1.165, 1.54) is 7.11 Å². The van der Waals surface area contributed by atoms with Gasteiger partial charge in [0.2, 0.25) is 0 Å². The molecule has 0 radical (unpaired) electrons. The lowest BCUT2D eigenvalue weighted by atomic mass is 10.00. The summed E-state index contributed by atoms with van der Waals surface area (Å²) in [5.74, 6) is -0.422. The van der Waals surface area contributed by atoms with Crippen molar-refractivity contribution in [3.63, 3.8) is 0 Å². The van der Waals surface area contributed by atoms with Gasteiger partial charge in [0.15, 0.2) is 0 Å². The summed E-state index contributed by atoms with van der Waals surface area (Å²) < 4.78 is 4.84. The molecule has 0 aromatic heterocycles. The van der Waals surface area contributed by atoms with Gasteiger partial charge in [0.1, 0.15) is 6.04 Å². The van der Waals surface area contributed by atoms with Gasteiger partial charge in [0.25, 0.3) is 5.91 Å². The lowest BCUT2D eigenvalue weighted by Gasteiger charge is -2.33. The van der Waals surface area contributed by atoms with Crippen LogP contribution in [0.3, 0.4) is 0 Å². The van der Waals surface area contributed by atoms with Crippen LogP contribution in [0.25, 0.3) is 10.8 Å². The minimum Gasteiger partial charge on any atom is -0.467 e. The standard InChI is InChI=1S/C18H19NO3/c1-22-18(21)16-8-4-5-11-19(16)17(20)15-10-9-13-6-2-3-7-14(13)12-15/h2-3,6-7,9-10,12,16H,4-5,8,11H2,1H3. The number of hydrogen-bond donors (Lipinski definition) is 0. The predicted octanol–water partition coefficient (Wildman–Crippen LogP) is 3.01. The van der Waals surface area contributed by atoms with Crippen molar-refractivity contribution < 1.29 is 14.3 Å². The first-order valence-electron chi connectivity index (χ1n) is 7.58. The minimum atomic E-state index is -0.460. The highest BCUT2D eigenvalue weighted by molar-refractivity contribution is 6.00. The summed E-state index contributed by atoms with van der Waals surface area (Å²) in [6, 6.07) is 13.1.